The van der Waals surface area contributed by atoms with Crippen LogP contribution in [-0.4, -0.2) is 29.1 Å². The Morgan fingerprint density at radius 1 is 1.42 bits per heavy atom. The zero-order chi connectivity index (χ0) is 14.5. The summed E-state index contributed by atoms with van der Waals surface area (Å²) in [6, 6.07) is 5.94. The molecule has 0 heterocycles. The predicted octanol–water partition coefficient (Wildman–Crippen LogP) is 2.03. The van der Waals surface area contributed by atoms with Crippen LogP contribution < -0.4 is 5.32 Å². The van der Waals surface area contributed by atoms with Crippen LogP contribution in [0.15, 0.2) is 24.3 Å². The predicted molar refractivity (Wildman–Crippen MR) is 71.0 cm³/mol. The monoisotopic (exact) mass is 265 g/mol. The number of alkyl carbamates (subject to hydrolysis) is 1. The Bertz CT molecular complexity index is 451. The molecule has 1 rings (SSSR count). The SMILES string of the molecule is CC(C)(C)OC(=O)NC(C=O)Cc1ccccc1O. The van der Waals surface area contributed by atoms with Crippen molar-refractivity contribution in [2.24, 2.45) is 0 Å². The van der Waals surface area contributed by atoms with Crippen molar-refractivity contribution in [3.63, 3.8) is 0 Å². The Morgan fingerprint density at radius 2 is 2.05 bits per heavy atom. The number of para-hydroxylation sites is 1. The summed E-state index contributed by atoms with van der Waals surface area (Å²) in [5.74, 6) is 0.0975. The number of carbonyl (C=O) groups excluding carboxylic acids is 2. The smallest absolute Gasteiger partial charge is 0.408 e. The highest BCUT2D eigenvalue weighted by Gasteiger charge is 2.19. The second-order valence-corrected chi connectivity index (χ2v) is 5.22. The number of rotatable bonds is 4. The minimum absolute atomic E-state index is 0.0975. The fourth-order valence-corrected chi connectivity index (χ4v) is 1.51. The maximum atomic E-state index is 11.5. The van der Waals surface area contributed by atoms with E-state index < -0.39 is 17.7 Å². The van der Waals surface area contributed by atoms with Gasteiger partial charge >= 0.3 is 6.09 Å². The number of aromatic hydroxyl groups is 1. The van der Waals surface area contributed by atoms with Gasteiger partial charge in [-0.25, -0.2) is 4.79 Å². The molecule has 5 heteroatoms. The van der Waals surface area contributed by atoms with Crippen LogP contribution >= 0.6 is 0 Å². The third kappa shape index (κ3) is 5.42. The highest BCUT2D eigenvalue weighted by molar-refractivity contribution is 5.73. The molecular formula is C14H19NO4. The van der Waals surface area contributed by atoms with E-state index >= 15 is 0 Å². The Morgan fingerprint density at radius 3 is 2.58 bits per heavy atom. The van der Waals surface area contributed by atoms with Crippen molar-refractivity contribution in [3.8, 4) is 5.75 Å². The fraction of sp³-hybridized carbons (Fsp3) is 0.429. The number of amides is 1. The third-order valence-electron chi connectivity index (χ3n) is 2.30. The van der Waals surface area contributed by atoms with Gasteiger partial charge in [-0.3, -0.25) is 0 Å². The molecule has 0 aliphatic heterocycles. The molecule has 1 amide bonds. The number of phenolic OH excluding ortho intramolecular Hbond substituents is 1. The van der Waals surface area contributed by atoms with Crippen LogP contribution in [0.25, 0.3) is 0 Å². The Kier molecular flexibility index (Phi) is 4.92. The number of hydrogen-bond acceptors (Lipinski definition) is 4. The lowest BCUT2D eigenvalue weighted by Gasteiger charge is -2.21. The second-order valence-electron chi connectivity index (χ2n) is 5.22. The molecule has 0 spiro atoms. The first kappa shape index (κ1) is 15.0. The van der Waals surface area contributed by atoms with Gasteiger partial charge in [0, 0.05) is 6.42 Å². The van der Waals surface area contributed by atoms with E-state index in [2.05, 4.69) is 5.32 Å². The first-order valence-electron chi connectivity index (χ1n) is 6.03. The van der Waals surface area contributed by atoms with Gasteiger partial charge in [-0.05, 0) is 32.4 Å². The van der Waals surface area contributed by atoms with Gasteiger partial charge in [0.1, 0.15) is 17.6 Å². The molecule has 1 unspecified atom stereocenters. The molecule has 0 bridgehead atoms. The van der Waals surface area contributed by atoms with Crippen molar-refractivity contribution in [1.29, 1.82) is 0 Å². The number of phenols is 1. The number of aldehydes is 1. The maximum Gasteiger partial charge on any atom is 0.408 e. The van der Waals surface area contributed by atoms with E-state index in [9.17, 15) is 14.7 Å². The molecule has 1 atom stereocenters. The van der Waals surface area contributed by atoms with Crippen molar-refractivity contribution in [1.82, 2.24) is 5.32 Å². The van der Waals surface area contributed by atoms with E-state index in [0.717, 1.165) is 0 Å². The van der Waals surface area contributed by atoms with Crippen LogP contribution in [0.5, 0.6) is 5.75 Å². The first-order chi connectivity index (χ1) is 8.81. The van der Waals surface area contributed by atoms with Crippen molar-refractivity contribution in [3.05, 3.63) is 29.8 Å². The van der Waals surface area contributed by atoms with E-state index in [1.54, 1.807) is 39.0 Å². The normalized spacial score (nSPS) is 12.6. The van der Waals surface area contributed by atoms with E-state index in [0.29, 0.717) is 11.8 Å². The summed E-state index contributed by atoms with van der Waals surface area (Å²) in [4.78, 5) is 22.5. The van der Waals surface area contributed by atoms with Gasteiger partial charge in [0.2, 0.25) is 0 Å². The van der Waals surface area contributed by atoms with Gasteiger partial charge in [-0.15, -0.1) is 0 Å². The molecule has 0 fully saturated rings. The lowest BCUT2D eigenvalue weighted by molar-refractivity contribution is -0.109. The largest absolute Gasteiger partial charge is 0.508 e. The third-order valence-corrected chi connectivity index (χ3v) is 2.30. The van der Waals surface area contributed by atoms with Crippen LogP contribution in [0, 0.1) is 0 Å². The lowest BCUT2D eigenvalue weighted by Crippen LogP contribution is -2.41. The van der Waals surface area contributed by atoms with Gasteiger partial charge in [-0.1, -0.05) is 18.2 Å². The molecule has 0 saturated heterocycles. The second kappa shape index (κ2) is 6.22. The molecule has 0 saturated carbocycles. The molecular weight excluding hydrogens is 246 g/mol. The zero-order valence-electron chi connectivity index (χ0n) is 11.3. The topological polar surface area (TPSA) is 75.6 Å². The Hall–Kier alpha value is -2.04. The zero-order valence-corrected chi connectivity index (χ0v) is 11.3. The number of nitrogens with one attached hydrogen (secondary N) is 1. The van der Waals surface area contributed by atoms with Crippen molar-refractivity contribution < 1.29 is 19.4 Å². The average Bonchev–Trinajstić information content (AvgIpc) is 2.28. The lowest BCUT2D eigenvalue weighted by atomic mass is 10.1. The summed E-state index contributed by atoms with van der Waals surface area (Å²) >= 11 is 0. The van der Waals surface area contributed by atoms with E-state index in [1.165, 1.54) is 6.07 Å². The molecule has 0 aromatic heterocycles. The number of carbonyl (C=O) groups is 2. The molecule has 104 valence electrons. The highest BCUT2D eigenvalue weighted by Crippen LogP contribution is 2.17. The average molecular weight is 265 g/mol. The minimum Gasteiger partial charge on any atom is -0.508 e. The van der Waals surface area contributed by atoms with Crippen molar-refractivity contribution >= 4 is 12.4 Å². The van der Waals surface area contributed by atoms with Crippen molar-refractivity contribution in [2.75, 3.05) is 0 Å². The van der Waals surface area contributed by atoms with E-state index in [1.807, 2.05) is 0 Å². The maximum absolute atomic E-state index is 11.5. The van der Waals surface area contributed by atoms with Gasteiger partial charge < -0.3 is 20.0 Å². The molecule has 0 radical (unpaired) electrons. The van der Waals surface area contributed by atoms with E-state index in [-0.39, 0.29) is 12.2 Å². The van der Waals surface area contributed by atoms with Gasteiger partial charge in [0.05, 0.1) is 6.04 Å². The molecule has 5 nitrogen and oxygen atoms in total. The van der Waals surface area contributed by atoms with Crippen molar-refractivity contribution in [2.45, 2.75) is 38.8 Å². The summed E-state index contributed by atoms with van der Waals surface area (Å²) in [5.41, 5.74) is -0.0254. The molecule has 1 aromatic carbocycles. The quantitative estimate of drug-likeness (QED) is 0.817. The van der Waals surface area contributed by atoms with Crippen LogP contribution in [0.3, 0.4) is 0 Å². The standard InChI is InChI=1S/C14H19NO4/c1-14(2,3)19-13(18)15-11(9-16)8-10-6-4-5-7-12(10)17/h4-7,9,11,17H,8H2,1-3H3,(H,15,18). The van der Waals surface area contributed by atoms with Crippen LogP contribution in [0.4, 0.5) is 4.79 Å². The first-order valence-corrected chi connectivity index (χ1v) is 6.03. The highest BCUT2D eigenvalue weighted by atomic mass is 16.6. The number of ether oxygens (including phenoxy) is 1. The summed E-state index contributed by atoms with van der Waals surface area (Å²) < 4.78 is 5.07. The Labute approximate surface area is 112 Å². The summed E-state index contributed by atoms with van der Waals surface area (Å²) in [6.45, 7) is 5.22. The molecule has 19 heavy (non-hydrogen) atoms. The van der Waals surface area contributed by atoms with Gasteiger partial charge in [0.25, 0.3) is 0 Å². The van der Waals surface area contributed by atoms with Crippen LogP contribution in [-0.2, 0) is 16.0 Å². The van der Waals surface area contributed by atoms with Gasteiger partial charge in [0.15, 0.2) is 0 Å². The number of hydrogen-bond donors (Lipinski definition) is 2. The Balaban J connectivity index is 2.62. The van der Waals surface area contributed by atoms with E-state index in [4.69, 9.17) is 4.74 Å². The minimum atomic E-state index is -0.733. The number of benzene rings is 1. The molecule has 0 aliphatic rings. The summed E-state index contributed by atoms with van der Waals surface area (Å²) in [5, 5.41) is 12.1. The summed E-state index contributed by atoms with van der Waals surface area (Å²) in [6.07, 6.45) is 0.186. The van der Waals surface area contributed by atoms with Gasteiger partial charge in [-0.2, -0.15) is 0 Å². The summed E-state index contributed by atoms with van der Waals surface area (Å²) in [7, 11) is 0. The van der Waals surface area contributed by atoms with Crippen LogP contribution in [0.2, 0.25) is 0 Å². The molecule has 0 aliphatic carbocycles. The fourth-order valence-electron chi connectivity index (χ4n) is 1.51. The molecule has 1 aromatic rings. The van der Waals surface area contributed by atoms with Crippen LogP contribution in [0.1, 0.15) is 26.3 Å². The molecule has 2 N–H and O–H groups in total.